The van der Waals surface area contributed by atoms with Gasteiger partial charge in [0.2, 0.25) is 12.1 Å². The van der Waals surface area contributed by atoms with Gasteiger partial charge in [0.1, 0.15) is 73.8 Å². The number of phenols is 1. The summed E-state index contributed by atoms with van der Waals surface area (Å²) in [5.41, 5.74) is -0.686. The number of aliphatic hydroxyl groups is 12. The van der Waals surface area contributed by atoms with Gasteiger partial charge in [-0.25, -0.2) is 0 Å². The normalized spacial score (nSPS) is 40.7. The van der Waals surface area contributed by atoms with Crippen LogP contribution in [-0.4, -0.2) is 211 Å². The molecular weight excluding hydrogens is 808 g/mol. The highest BCUT2D eigenvalue weighted by molar-refractivity contribution is 5.45. The maximum Gasteiger partial charge on any atom is 0.229 e. The van der Waals surface area contributed by atoms with Gasteiger partial charge in [0.25, 0.3) is 0 Å². The van der Waals surface area contributed by atoms with Gasteiger partial charge >= 0.3 is 0 Å². The second kappa shape index (κ2) is 19.1. The van der Waals surface area contributed by atoms with Gasteiger partial charge in [0, 0.05) is 12.3 Å². The smallest absolute Gasteiger partial charge is 0.229 e. The summed E-state index contributed by atoms with van der Waals surface area (Å²) in [7, 11) is 2.70. The number of methoxy groups -OCH3 is 2. The fraction of sp³-hybridized carbons (Fsp3) is 0.684. The maximum absolute atomic E-state index is 12.3. The number of benzene rings is 2. The lowest BCUT2D eigenvalue weighted by molar-refractivity contribution is -0.383. The molecule has 0 bridgehead atoms. The van der Waals surface area contributed by atoms with Gasteiger partial charge in [-0.05, 0) is 35.4 Å². The van der Waals surface area contributed by atoms with E-state index in [2.05, 4.69) is 0 Å². The van der Waals surface area contributed by atoms with Gasteiger partial charge in [0.05, 0.1) is 59.0 Å². The van der Waals surface area contributed by atoms with Crippen LogP contribution in [0.25, 0.3) is 0 Å². The highest BCUT2D eigenvalue weighted by atomic mass is 16.8. The highest BCUT2D eigenvalue weighted by Gasteiger charge is 2.59. The van der Waals surface area contributed by atoms with Crippen molar-refractivity contribution in [1.82, 2.24) is 0 Å². The van der Waals surface area contributed by atoms with Crippen LogP contribution in [0.5, 0.6) is 23.0 Å². The summed E-state index contributed by atoms with van der Waals surface area (Å²) in [6.07, 6.45) is -22.4. The zero-order valence-electron chi connectivity index (χ0n) is 32.6. The van der Waals surface area contributed by atoms with E-state index in [-0.39, 0.29) is 42.6 Å². The number of rotatable bonds is 16. The van der Waals surface area contributed by atoms with Crippen molar-refractivity contribution in [2.45, 2.75) is 104 Å². The van der Waals surface area contributed by atoms with Crippen molar-refractivity contribution in [3.05, 3.63) is 47.5 Å². The lowest BCUT2D eigenvalue weighted by Crippen LogP contribution is -2.62. The fourth-order valence-corrected chi connectivity index (χ4v) is 7.86. The molecule has 0 spiro atoms. The average molecular weight is 863 g/mol. The predicted molar refractivity (Wildman–Crippen MR) is 195 cm³/mol. The van der Waals surface area contributed by atoms with Gasteiger partial charge in [-0.1, -0.05) is 12.1 Å². The van der Waals surface area contributed by atoms with Crippen LogP contribution in [-0.2, 0) is 34.8 Å². The van der Waals surface area contributed by atoms with E-state index in [1.165, 1.54) is 32.4 Å². The molecule has 4 aliphatic heterocycles. The summed E-state index contributed by atoms with van der Waals surface area (Å²) in [6.45, 7) is -3.51. The van der Waals surface area contributed by atoms with E-state index in [0.717, 1.165) is 0 Å². The molecule has 17 atom stereocenters. The molecule has 60 heavy (non-hydrogen) atoms. The van der Waals surface area contributed by atoms with E-state index in [0.29, 0.717) is 11.1 Å². The zero-order chi connectivity index (χ0) is 43.7. The molecule has 4 aliphatic rings. The van der Waals surface area contributed by atoms with Crippen LogP contribution in [0.15, 0.2) is 36.4 Å². The number of aliphatic hydroxyl groups excluding tert-OH is 11. The Balaban J connectivity index is 1.19. The van der Waals surface area contributed by atoms with Crippen molar-refractivity contribution < 1.29 is 109 Å². The molecule has 0 radical (unpaired) electrons. The van der Waals surface area contributed by atoms with E-state index in [1.54, 1.807) is 18.2 Å². The largest absolute Gasteiger partial charge is 0.504 e. The Morgan fingerprint density at radius 1 is 0.683 bits per heavy atom. The molecule has 22 heteroatoms. The SMILES string of the molecule is COc1cc([C@H]2OC[C@](O)(Cc3ccc(O[C@@H]4O[C@@H](CO)[C@@H](O)[C@H](O)[C@H]4O)c(OC)c3)[C@@H]2COC[C@H]2O[C@@](CO)(O[C@@H]3O[C@H](CO)[C@H](O)[C@@H](O)[C@H]3O)[C@@H](O)[C@@H]2O)ccc1O. The number of phenolic OH excluding ortho intramolecular Hbond substituents is 1. The number of aromatic hydroxyl groups is 1. The first kappa shape index (κ1) is 46.4. The third-order valence-electron chi connectivity index (χ3n) is 11.4. The van der Waals surface area contributed by atoms with Crippen LogP contribution < -0.4 is 14.2 Å². The molecule has 13 N–H and O–H groups in total. The maximum atomic E-state index is 12.3. The standard InChI is InChI=1S/C38H54O22/c1-52-21-8-17(4-5-19(21)42)33-18(12-54-13-25-28(45)34(50)38(14-41,59-25)60-36-32(49)30(47)27(44)24(11-40)58-36)37(51,15-55-33)9-16-3-6-20(22(7-16)53-2)56-35-31(48)29(46)26(43)23(10-39)57-35/h3-8,18,23-36,39-51H,9-15H2,1-2H3/t18-,23+,24-,25-,26-,27+,28-,29+,30-,31-,32-,33-,34+,35-,36+,37-,38+/m1/s1. The third kappa shape index (κ3) is 9.04. The van der Waals surface area contributed by atoms with Crippen LogP contribution in [0, 0.1) is 5.92 Å². The first-order valence-electron chi connectivity index (χ1n) is 19.1. The summed E-state index contributed by atoms with van der Waals surface area (Å²) in [5, 5.41) is 136. The van der Waals surface area contributed by atoms with Crippen molar-refractivity contribution >= 4 is 0 Å². The molecule has 4 saturated heterocycles. The molecule has 0 unspecified atom stereocenters. The van der Waals surface area contributed by atoms with Crippen molar-refractivity contribution in [2.75, 3.05) is 53.9 Å². The third-order valence-corrected chi connectivity index (χ3v) is 11.4. The first-order chi connectivity index (χ1) is 28.5. The average Bonchev–Trinajstić information content (AvgIpc) is 3.69. The van der Waals surface area contributed by atoms with Gasteiger partial charge in [0.15, 0.2) is 29.3 Å². The highest BCUT2D eigenvalue weighted by Crippen LogP contribution is 2.46. The lowest BCUT2D eigenvalue weighted by Gasteiger charge is -2.43. The van der Waals surface area contributed by atoms with Crippen LogP contribution in [0.4, 0.5) is 0 Å². The van der Waals surface area contributed by atoms with Crippen molar-refractivity contribution in [3.8, 4) is 23.0 Å². The summed E-state index contributed by atoms with van der Waals surface area (Å²) in [5.74, 6) is -3.16. The lowest BCUT2D eigenvalue weighted by atomic mass is 9.80. The van der Waals surface area contributed by atoms with Gasteiger partial charge in [-0.2, -0.15) is 0 Å². The number of hydrogen-bond donors (Lipinski definition) is 13. The second-order valence-corrected chi connectivity index (χ2v) is 15.3. The van der Waals surface area contributed by atoms with Crippen LogP contribution in [0.3, 0.4) is 0 Å². The first-order valence-corrected chi connectivity index (χ1v) is 19.1. The van der Waals surface area contributed by atoms with Crippen LogP contribution >= 0.6 is 0 Å². The summed E-state index contributed by atoms with van der Waals surface area (Å²) < 4.78 is 50.9. The minimum Gasteiger partial charge on any atom is -0.504 e. The molecule has 4 heterocycles. The predicted octanol–water partition coefficient (Wildman–Crippen LogP) is -5.11. The number of ether oxygens (including phenoxy) is 9. The van der Waals surface area contributed by atoms with Gasteiger partial charge < -0.3 is 109 Å². The molecule has 0 saturated carbocycles. The van der Waals surface area contributed by atoms with Crippen molar-refractivity contribution in [2.24, 2.45) is 5.92 Å². The van der Waals surface area contributed by atoms with E-state index in [1.807, 2.05) is 0 Å². The molecule has 22 nitrogen and oxygen atoms in total. The van der Waals surface area contributed by atoms with Crippen molar-refractivity contribution in [3.63, 3.8) is 0 Å². The van der Waals surface area contributed by atoms with E-state index in [4.69, 9.17) is 42.6 Å². The second-order valence-electron chi connectivity index (χ2n) is 15.3. The Bertz CT molecular complexity index is 1720. The molecule has 2 aromatic rings. The minimum atomic E-state index is -2.43. The molecule has 4 fully saturated rings. The molecule has 338 valence electrons. The zero-order valence-corrected chi connectivity index (χ0v) is 32.6. The van der Waals surface area contributed by atoms with E-state index < -0.39 is 130 Å². The molecule has 0 amide bonds. The molecule has 0 aromatic heterocycles. The van der Waals surface area contributed by atoms with Crippen LogP contribution in [0.1, 0.15) is 17.2 Å². The number of hydrogen-bond acceptors (Lipinski definition) is 22. The van der Waals surface area contributed by atoms with E-state index >= 15 is 0 Å². The summed E-state index contributed by atoms with van der Waals surface area (Å²) in [4.78, 5) is 0. The molecule has 0 aliphatic carbocycles. The molecule has 6 rings (SSSR count). The van der Waals surface area contributed by atoms with Gasteiger partial charge in [-0.3, -0.25) is 0 Å². The quantitative estimate of drug-likeness (QED) is 0.0751. The Kier molecular flexibility index (Phi) is 14.8. The Morgan fingerprint density at radius 2 is 1.32 bits per heavy atom. The molecule has 2 aromatic carbocycles. The summed E-state index contributed by atoms with van der Waals surface area (Å²) >= 11 is 0. The van der Waals surface area contributed by atoms with Crippen molar-refractivity contribution in [1.29, 1.82) is 0 Å². The topological polar surface area (TPSA) is 346 Å². The molecular formula is C38H54O22. The summed E-state index contributed by atoms with van der Waals surface area (Å²) in [6, 6.07) is 9.08. The Labute approximate surface area is 342 Å². The fourth-order valence-electron chi connectivity index (χ4n) is 7.86. The van der Waals surface area contributed by atoms with E-state index in [9.17, 15) is 66.4 Å². The van der Waals surface area contributed by atoms with Gasteiger partial charge in [-0.15, -0.1) is 0 Å². The van der Waals surface area contributed by atoms with Crippen LogP contribution in [0.2, 0.25) is 0 Å². The minimum absolute atomic E-state index is 0.0565. The monoisotopic (exact) mass is 862 g/mol. The Hall–Kier alpha value is -3.08. The Morgan fingerprint density at radius 3 is 1.93 bits per heavy atom.